The van der Waals surface area contributed by atoms with Gasteiger partial charge in [-0.3, -0.25) is 4.79 Å². The van der Waals surface area contributed by atoms with Crippen LogP contribution in [-0.2, 0) is 12.8 Å². The summed E-state index contributed by atoms with van der Waals surface area (Å²) in [4.78, 5) is 26.9. The lowest BCUT2D eigenvalue weighted by Crippen LogP contribution is -2.28. The third-order valence-electron chi connectivity index (χ3n) is 5.68. The fraction of sp³-hybridized carbons (Fsp3) is 0.208. The van der Waals surface area contributed by atoms with Gasteiger partial charge in [0.05, 0.1) is 5.56 Å². The first-order chi connectivity index (χ1) is 14.7. The second-order valence-corrected chi connectivity index (χ2v) is 7.69. The summed E-state index contributed by atoms with van der Waals surface area (Å²) in [5, 5.41) is 4.16. The monoisotopic (exact) mass is 397 g/mol. The maximum atomic E-state index is 12.5. The number of aromatic nitrogens is 3. The Hall–Kier alpha value is -3.67. The zero-order chi connectivity index (χ0) is 20.5. The van der Waals surface area contributed by atoms with Crippen LogP contribution in [0.25, 0.3) is 10.9 Å². The number of anilines is 2. The van der Waals surface area contributed by atoms with Crippen molar-refractivity contribution in [3.8, 4) is 0 Å². The molecule has 6 nitrogen and oxygen atoms in total. The number of nitrogens with one attached hydrogen (secondary N) is 2. The predicted molar refractivity (Wildman–Crippen MR) is 118 cm³/mol. The van der Waals surface area contributed by atoms with Crippen LogP contribution in [0.1, 0.15) is 28.4 Å². The number of hydrogen-bond acceptors (Lipinski definition) is 4. The smallest absolute Gasteiger partial charge is 0.254 e. The van der Waals surface area contributed by atoms with Crippen molar-refractivity contribution >= 4 is 28.4 Å². The molecule has 3 heterocycles. The van der Waals surface area contributed by atoms with Crippen LogP contribution in [0.4, 0.5) is 11.6 Å². The minimum atomic E-state index is -0.156. The number of nitrogens with zero attached hydrogens (tertiary/aromatic N) is 3. The first-order valence-corrected chi connectivity index (χ1v) is 10.2. The van der Waals surface area contributed by atoms with Crippen molar-refractivity contribution in [2.24, 2.45) is 0 Å². The Morgan fingerprint density at radius 2 is 1.90 bits per heavy atom. The van der Waals surface area contributed by atoms with E-state index in [0.29, 0.717) is 24.1 Å². The summed E-state index contributed by atoms with van der Waals surface area (Å²) in [5.74, 6) is 0.471. The summed E-state index contributed by atoms with van der Waals surface area (Å²) in [7, 11) is 0. The first kappa shape index (κ1) is 18.4. The van der Waals surface area contributed by atoms with Crippen LogP contribution < -0.4 is 10.2 Å². The Morgan fingerprint density at radius 3 is 2.77 bits per heavy atom. The van der Waals surface area contributed by atoms with Gasteiger partial charge in [-0.2, -0.15) is 0 Å². The Kier molecular flexibility index (Phi) is 4.67. The number of hydrogen-bond donors (Lipinski definition) is 2. The van der Waals surface area contributed by atoms with E-state index in [1.165, 1.54) is 16.5 Å². The van der Waals surface area contributed by atoms with Crippen LogP contribution in [0.5, 0.6) is 0 Å². The van der Waals surface area contributed by atoms with Gasteiger partial charge in [-0.1, -0.05) is 36.4 Å². The molecule has 0 saturated heterocycles. The van der Waals surface area contributed by atoms with Crippen molar-refractivity contribution < 1.29 is 4.79 Å². The molecule has 0 saturated carbocycles. The van der Waals surface area contributed by atoms with E-state index >= 15 is 0 Å². The number of H-pyrrole nitrogens is 1. The molecule has 4 aromatic rings. The number of rotatable bonds is 5. The molecule has 150 valence electrons. The Labute approximate surface area is 175 Å². The van der Waals surface area contributed by atoms with Gasteiger partial charge in [-0.25, -0.2) is 9.97 Å². The lowest BCUT2D eigenvalue weighted by molar-refractivity contribution is 0.0953. The summed E-state index contributed by atoms with van der Waals surface area (Å²) in [5.41, 5.74) is 5.21. The van der Waals surface area contributed by atoms with Gasteiger partial charge >= 0.3 is 0 Å². The number of fused-ring (bicyclic) bond motifs is 2. The highest BCUT2D eigenvalue weighted by molar-refractivity contribution is 5.93. The quantitative estimate of drug-likeness (QED) is 0.534. The summed E-state index contributed by atoms with van der Waals surface area (Å²) in [6, 6.07) is 16.8. The topological polar surface area (TPSA) is 73.9 Å². The second kappa shape index (κ2) is 7.63. The Bertz CT molecular complexity index is 1200. The molecule has 1 aliphatic heterocycles. The fourth-order valence-corrected chi connectivity index (χ4v) is 4.18. The second-order valence-electron chi connectivity index (χ2n) is 7.69. The highest BCUT2D eigenvalue weighted by Crippen LogP contribution is 2.36. The van der Waals surface area contributed by atoms with Crippen LogP contribution in [-0.4, -0.2) is 33.4 Å². The van der Waals surface area contributed by atoms with Crippen LogP contribution in [0.15, 0.2) is 67.1 Å². The lowest BCUT2D eigenvalue weighted by Gasteiger charge is -2.22. The fourth-order valence-electron chi connectivity index (χ4n) is 4.18. The molecule has 2 N–H and O–H groups in total. The summed E-state index contributed by atoms with van der Waals surface area (Å²) in [6.07, 6.45) is 6.95. The average Bonchev–Trinajstić information content (AvgIpc) is 3.34. The van der Waals surface area contributed by atoms with Gasteiger partial charge in [0.1, 0.15) is 0 Å². The van der Waals surface area contributed by atoms with E-state index in [9.17, 15) is 4.79 Å². The lowest BCUT2D eigenvalue weighted by atomic mass is 10.1. The van der Waals surface area contributed by atoms with Crippen molar-refractivity contribution in [2.45, 2.75) is 25.8 Å². The molecule has 1 unspecified atom stereocenters. The summed E-state index contributed by atoms with van der Waals surface area (Å²) in [6.45, 7) is 2.72. The molecule has 1 atom stereocenters. The molecule has 2 aromatic carbocycles. The van der Waals surface area contributed by atoms with E-state index in [4.69, 9.17) is 0 Å². The molecule has 5 rings (SSSR count). The third-order valence-corrected chi connectivity index (χ3v) is 5.68. The van der Waals surface area contributed by atoms with Gasteiger partial charge in [0, 0.05) is 47.8 Å². The zero-order valence-electron chi connectivity index (χ0n) is 16.8. The average molecular weight is 397 g/mol. The Balaban J connectivity index is 1.24. The number of aromatic amines is 1. The zero-order valence-corrected chi connectivity index (χ0v) is 16.8. The molecule has 30 heavy (non-hydrogen) atoms. The van der Waals surface area contributed by atoms with Gasteiger partial charge in [-0.15, -0.1) is 0 Å². The number of amides is 1. The molecule has 6 heteroatoms. The summed E-state index contributed by atoms with van der Waals surface area (Å²) < 4.78 is 0. The van der Waals surface area contributed by atoms with Crippen molar-refractivity contribution in [3.63, 3.8) is 0 Å². The third kappa shape index (κ3) is 3.30. The van der Waals surface area contributed by atoms with Gasteiger partial charge in [0.25, 0.3) is 5.91 Å². The highest BCUT2D eigenvalue weighted by atomic mass is 16.1. The van der Waals surface area contributed by atoms with Crippen molar-refractivity contribution in [3.05, 3.63) is 83.8 Å². The standard InChI is InChI=1S/C24H23N5O/c1-16-12-17-6-2-5-9-22(17)29(16)24-27-14-19(15-28-24)23(30)25-11-10-18-13-26-21-8-4-3-7-20(18)21/h2-9,13-16,26H,10-12H2,1H3,(H,25,30). The summed E-state index contributed by atoms with van der Waals surface area (Å²) >= 11 is 0. The van der Waals surface area contributed by atoms with E-state index in [1.54, 1.807) is 12.4 Å². The predicted octanol–water partition coefficient (Wildman–Crippen LogP) is 4.01. The maximum absolute atomic E-state index is 12.5. The molecule has 0 fully saturated rings. The normalized spacial score (nSPS) is 15.4. The molecular weight excluding hydrogens is 374 g/mol. The maximum Gasteiger partial charge on any atom is 0.254 e. The molecule has 1 aliphatic rings. The van der Waals surface area contributed by atoms with E-state index in [1.807, 2.05) is 24.4 Å². The van der Waals surface area contributed by atoms with E-state index in [0.717, 1.165) is 24.0 Å². The molecule has 0 spiro atoms. The molecule has 0 radical (unpaired) electrons. The first-order valence-electron chi connectivity index (χ1n) is 10.2. The molecule has 0 bridgehead atoms. The highest BCUT2D eigenvalue weighted by Gasteiger charge is 2.28. The minimum absolute atomic E-state index is 0.156. The molecule has 2 aromatic heterocycles. The van der Waals surface area contributed by atoms with Gasteiger partial charge in [0.2, 0.25) is 5.95 Å². The number of benzene rings is 2. The minimum Gasteiger partial charge on any atom is -0.361 e. The van der Waals surface area contributed by atoms with Crippen molar-refractivity contribution in [1.82, 2.24) is 20.3 Å². The van der Waals surface area contributed by atoms with Crippen LogP contribution >= 0.6 is 0 Å². The largest absolute Gasteiger partial charge is 0.361 e. The molecule has 1 amide bonds. The number of para-hydroxylation sites is 2. The van der Waals surface area contributed by atoms with Crippen LogP contribution in [0.3, 0.4) is 0 Å². The van der Waals surface area contributed by atoms with Gasteiger partial charge < -0.3 is 15.2 Å². The molecule has 0 aliphatic carbocycles. The van der Waals surface area contributed by atoms with Gasteiger partial charge in [0.15, 0.2) is 0 Å². The van der Waals surface area contributed by atoms with Crippen molar-refractivity contribution in [2.75, 3.05) is 11.4 Å². The van der Waals surface area contributed by atoms with Crippen LogP contribution in [0.2, 0.25) is 0 Å². The van der Waals surface area contributed by atoms with Crippen LogP contribution in [0, 0.1) is 0 Å². The Morgan fingerprint density at radius 1 is 1.13 bits per heavy atom. The number of carbonyl (C=O) groups is 1. The van der Waals surface area contributed by atoms with Crippen molar-refractivity contribution in [1.29, 1.82) is 0 Å². The van der Waals surface area contributed by atoms with Gasteiger partial charge in [-0.05, 0) is 43.0 Å². The van der Waals surface area contributed by atoms with E-state index < -0.39 is 0 Å². The SMILES string of the molecule is CC1Cc2ccccc2N1c1ncc(C(=O)NCCc2c[nH]c3ccccc23)cn1. The van der Waals surface area contributed by atoms with E-state index in [2.05, 4.69) is 62.4 Å². The number of carbonyl (C=O) groups excluding carboxylic acids is 1. The van der Waals surface area contributed by atoms with E-state index in [-0.39, 0.29) is 5.91 Å². The molecular formula is C24H23N5O.